The Labute approximate surface area is 142 Å². The lowest BCUT2D eigenvalue weighted by Crippen LogP contribution is -2.35. The number of halogens is 1. The molecule has 0 spiro atoms. The van der Waals surface area contributed by atoms with Gasteiger partial charge in [-0.05, 0) is 36.6 Å². The van der Waals surface area contributed by atoms with Crippen molar-refractivity contribution in [2.24, 2.45) is 0 Å². The molecule has 3 rings (SSSR count). The van der Waals surface area contributed by atoms with Gasteiger partial charge in [0.15, 0.2) is 0 Å². The van der Waals surface area contributed by atoms with Crippen LogP contribution >= 0.6 is 11.6 Å². The van der Waals surface area contributed by atoms with E-state index >= 15 is 0 Å². The normalized spacial score (nSPS) is 20.1. The molecule has 1 aliphatic rings. The minimum atomic E-state index is -3.52. The van der Waals surface area contributed by atoms with Crippen molar-refractivity contribution in [3.8, 4) is 0 Å². The minimum absolute atomic E-state index is 0.198. The summed E-state index contributed by atoms with van der Waals surface area (Å²) in [4.78, 5) is 0.346. The maximum atomic E-state index is 13.1. The maximum Gasteiger partial charge on any atom is 0.243 e. The van der Waals surface area contributed by atoms with E-state index in [9.17, 15) is 8.42 Å². The molecule has 1 unspecified atom stereocenters. The Bertz CT molecular complexity index is 762. The Morgan fingerprint density at radius 2 is 1.61 bits per heavy atom. The van der Waals surface area contributed by atoms with E-state index in [2.05, 4.69) is 0 Å². The smallest absolute Gasteiger partial charge is 0.207 e. The van der Waals surface area contributed by atoms with Crippen LogP contribution in [0.25, 0.3) is 0 Å². The van der Waals surface area contributed by atoms with E-state index in [1.54, 1.807) is 28.6 Å². The first kappa shape index (κ1) is 16.5. The molecule has 1 atom stereocenters. The lowest BCUT2D eigenvalue weighted by atomic mass is 10.0. The van der Waals surface area contributed by atoms with E-state index in [1.807, 2.05) is 30.3 Å². The fourth-order valence-electron chi connectivity index (χ4n) is 3.15. The first-order valence-corrected chi connectivity index (χ1v) is 9.74. The van der Waals surface area contributed by atoms with Gasteiger partial charge in [0.05, 0.1) is 10.9 Å². The summed E-state index contributed by atoms with van der Waals surface area (Å²) in [5.41, 5.74) is 0.899. The highest BCUT2D eigenvalue weighted by Gasteiger charge is 2.34. The lowest BCUT2D eigenvalue weighted by Gasteiger charge is -2.30. The van der Waals surface area contributed by atoms with Gasteiger partial charge in [-0.2, -0.15) is 4.31 Å². The molecule has 0 aromatic heterocycles. The molecule has 1 aliphatic heterocycles. The fraction of sp³-hybridized carbons (Fsp3) is 0.333. The van der Waals surface area contributed by atoms with Gasteiger partial charge in [-0.3, -0.25) is 0 Å². The van der Waals surface area contributed by atoms with Crippen LogP contribution in [0.15, 0.2) is 59.5 Å². The number of sulfonamides is 1. The Kier molecular flexibility index (Phi) is 5.05. The van der Waals surface area contributed by atoms with E-state index in [4.69, 9.17) is 11.6 Å². The van der Waals surface area contributed by atoms with Gasteiger partial charge >= 0.3 is 0 Å². The minimum Gasteiger partial charge on any atom is -0.207 e. The van der Waals surface area contributed by atoms with Gasteiger partial charge in [0.25, 0.3) is 0 Å². The van der Waals surface area contributed by atoms with Crippen molar-refractivity contribution in [3.63, 3.8) is 0 Å². The standard InChI is InChI=1S/C18H20ClNO2S/c19-17-12-7-6-11-16(17)18-13-5-2-8-14-20(18)23(21,22)15-9-3-1-4-10-15/h1,3-4,6-7,9-12,18H,2,5,8,13-14H2. The number of nitrogens with zero attached hydrogens (tertiary/aromatic N) is 1. The number of rotatable bonds is 3. The van der Waals surface area contributed by atoms with Crippen LogP contribution in [0.5, 0.6) is 0 Å². The summed E-state index contributed by atoms with van der Waals surface area (Å²) in [6, 6.07) is 16.0. The molecule has 1 saturated heterocycles. The largest absolute Gasteiger partial charge is 0.243 e. The molecule has 0 radical (unpaired) electrons. The van der Waals surface area contributed by atoms with E-state index < -0.39 is 10.0 Å². The molecule has 0 N–H and O–H groups in total. The van der Waals surface area contributed by atoms with Crippen LogP contribution in [0.4, 0.5) is 0 Å². The van der Waals surface area contributed by atoms with Crippen molar-refractivity contribution >= 4 is 21.6 Å². The number of benzene rings is 2. The molecule has 122 valence electrons. The highest BCUT2D eigenvalue weighted by Crippen LogP contribution is 2.37. The van der Waals surface area contributed by atoms with Crippen LogP contribution in [0.3, 0.4) is 0 Å². The third-order valence-corrected chi connectivity index (χ3v) is 6.58. The molecule has 2 aromatic rings. The van der Waals surface area contributed by atoms with Gasteiger partial charge in [-0.1, -0.05) is 60.8 Å². The molecule has 1 heterocycles. The zero-order valence-electron chi connectivity index (χ0n) is 12.9. The third-order valence-electron chi connectivity index (χ3n) is 4.32. The second-order valence-corrected chi connectivity index (χ2v) is 8.11. The summed E-state index contributed by atoms with van der Waals surface area (Å²) < 4.78 is 27.9. The predicted octanol–water partition coefficient (Wildman–Crippen LogP) is 4.65. The Morgan fingerprint density at radius 1 is 0.913 bits per heavy atom. The van der Waals surface area contributed by atoms with Crippen molar-refractivity contribution in [2.75, 3.05) is 6.54 Å². The van der Waals surface area contributed by atoms with Crippen molar-refractivity contribution in [1.82, 2.24) is 4.31 Å². The number of hydrogen-bond acceptors (Lipinski definition) is 2. The maximum absolute atomic E-state index is 13.1. The van der Waals surface area contributed by atoms with Gasteiger partial charge < -0.3 is 0 Å². The van der Waals surface area contributed by atoms with Crippen LogP contribution in [-0.2, 0) is 10.0 Å². The van der Waals surface area contributed by atoms with Crippen LogP contribution in [0, 0.1) is 0 Å². The summed E-state index contributed by atoms with van der Waals surface area (Å²) in [5, 5.41) is 0.632. The van der Waals surface area contributed by atoms with Gasteiger partial charge in [0, 0.05) is 11.6 Å². The first-order valence-electron chi connectivity index (χ1n) is 7.92. The van der Waals surface area contributed by atoms with Gasteiger partial charge in [0.1, 0.15) is 0 Å². The number of hydrogen-bond donors (Lipinski definition) is 0. The molecule has 3 nitrogen and oxygen atoms in total. The topological polar surface area (TPSA) is 37.4 Å². The zero-order valence-corrected chi connectivity index (χ0v) is 14.4. The summed E-state index contributed by atoms with van der Waals surface area (Å²) >= 11 is 6.35. The predicted molar refractivity (Wildman–Crippen MR) is 93.0 cm³/mol. The van der Waals surface area contributed by atoms with Crippen LogP contribution in [0.1, 0.15) is 37.3 Å². The Morgan fingerprint density at radius 3 is 2.35 bits per heavy atom. The summed E-state index contributed by atoms with van der Waals surface area (Å²) in [6.07, 6.45) is 3.74. The summed E-state index contributed by atoms with van der Waals surface area (Å²) in [6.45, 7) is 0.535. The lowest BCUT2D eigenvalue weighted by molar-refractivity contribution is 0.329. The molecule has 23 heavy (non-hydrogen) atoms. The van der Waals surface area contributed by atoms with Crippen molar-refractivity contribution in [3.05, 3.63) is 65.2 Å². The molecular weight excluding hydrogens is 330 g/mol. The fourth-order valence-corrected chi connectivity index (χ4v) is 5.11. The molecule has 0 bridgehead atoms. The Hall–Kier alpha value is -1.36. The van der Waals surface area contributed by atoms with Gasteiger partial charge in [0.2, 0.25) is 10.0 Å². The van der Waals surface area contributed by atoms with Gasteiger partial charge in [-0.15, -0.1) is 0 Å². The average Bonchev–Trinajstić information content (AvgIpc) is 2.82. The molecule has 0 amide bonds. The highest BCUT2D eigenvalue weighted by molar-refractivity contribution is 7.89. The second kappa shape index (κ2) is 7.04. The van der Waals surface area contributed by atoms with Gasteiger partial charge in [-0.25, -0.2) is 8.42 Å². The van der Waals surface area contributed by atoms with E-state index in [-0.39, 0.29) is 6.04 Å². The van der Waals surface area contributed by atoms with E-state index in [0.717, 1.165) is 31.2 Å². The van der Waals surface area contributed by atoms with E-state index in [0.29, 0.717) is 16.5 Å². The van der Waals surface area contributed by atoms with Crippen molar-refractivity contribution in [2.45, 2.75) is 36.6 Å². The Balaban J connectivity index is 2.05. The van der Waals surface area contributed by atoms with Crippen molar-refractivity contribution in [1.29, 1.82) is 0 Å². The summed E-state index contributed by atoms with van der Waals surface area (Å²) in [5.74, 6) is 0. The molecule has 1 fully saturated rings. The molecular formula is C18H20ClNO2S. The highest BCUT2D eigenvalue weighted by atomic mass is 35.5. The van der Waals surface area contributed by atoms with Crippen LogP contribution in [-0.4, -0.2) is 19.3 Å². The summed E-state index contributed by atoms with van der Waals surface area (Å²) in [7, 11) is -3.52. The molecule has 2 aromatic carbocycles. The first-order chi connectivity index (χ1) is 11.1. The SMILES string of the molecule is O=S(=O)(c1ccccc1)N1CCCCCC1c1ccccc1Cl. The van der Waals surface area contributed by atoms with E-state index in [1.165, 1.54) is 0 Å². The monoisotopic (exact) mass is 349 g/mol. The quantitative estimate of drug-likeness (QED) is 0.809. The van der Waals surface area contributed by atoms with Crippen LogP contribution in [0.2, 0.25) is 5.02 Å². The average molecular weight is 350 g/mol. The van der Waals surface area contributed by atoms with Crippen molar-refractivity contribution < 1.29 is 8.42 Å². The molecule has 5 heteroatoms. The van der Waals surface area contributed by atoms with Crippen LogP contribution < -0.4 is 0 Å². The molecule has 0 saturated carbocycles. The zero-order chi connectivity index (χ0) is 16.3. The second-order valence-electron chi connectivity index (χ2n) is 5.82. The molecule has 0 aliphatic carbocycles. The third kappa shape index (κ3) is 3.44.